The molecule has 25 heavy (non-hydrogen) atoms. The van der Waals surface area contributed by atoms with E-state index >= 15 is 0 Å². The van der Waals surface area contributed by atoms with Crippen LogP contribution in [0.5, 0.6) is 0 Å². The highest BCUT2D eigenvalue weighted by molar-refractivity contribution is 14.0. The number of nitrogens with one attached hydrogen (secondary N) is 2. The van der Waals surface area contributed by atoms with Gasteiger partial charge in [-0.25, -0.2) is 8.42 Å². The van der Waals surface area contributed by atoms with Crippen LogP contribution in [0.25, 0.3) is 0 Å². The zero-order valence-electron chi connectivity index (χ0n) is 15.4. The first-order valence-electron chi connectivity index (χ1n) is 9.01. The normalized spacial score (nSPS) is 21.6. The Balaban J connectivity index is 0.00000312. The fourth-order valence-electron chi connectivity index (χ4n) is 3.52. The third kappa shape index (κ3) is 6.84. The summed E-state index contributed by atoms with van der Waals surface area (Å²) in [6.07, 6.45) is 6.30. The van der Waals surface area contributed by atoms with Gasteiger partial charge in [-0.3, -0.25) is 4.99 Å². The molecule has 1 saturated heterocycles. The molecular weight excluding hydrogens is 455 g/mol. The van der Waals surface area contributed by atoms with Crippen LogP contribution < -0.4 is 10.6 Å². The number of hydrogen-bond donors (Lipinski definition) is 2. The van der Waals surface area contributed by atoms with Crippen molar-refractivity contribution >= 4 is 40.0 Å². The summed E-state index contributed by atoms with van der Waals surface area (Å²) in [7, 11) is -1.51. The molecule has 2 N–H and O–H groups in total. The van der Waals surface area contributed by atoms with Crippen LogP contribution >= 0.6 is 24.0 Å². The van der Waals surface area contributed by atoms with Crippen LogP contribution in [-0.2, 0) is 14.8 Å². The topological polar surface area (TPSA) is 83.0 Å². The van der Waals surface area contributed by atoms with Gasteiger partial charge in [0.2, 0.25) is 10.0 Å². The molecule has 0 aromatic rings. The maximum Gasteiger partial charge on any atom is 0.215 e. The predicted octanol–water partition coefficient (Wildman–Crippen LogP) is 1.40. The summed E-state index contributed by atoms with van der Waals surface area (Å²) in [5.41, 5.74) is 0.373. The average molecular weight is 488 g/mol. The Morgan fingerprint density at radius 1 is 1.20 bits per heavy atom. The Hall–Kier alpha value is -0.130. The predicted molar refractivity (Wildman–Crippen MR) is 112 cm³/mol. The van der Waals surface area contributed by atoms with Crippen molar-refractivity contribution in [1.29, 1.82) is 0 Å². The maximum atomic E-state index is 12.3. The molecule has 0 unspecified atom stereocenters. The van der Waals surface area contributed by atoms with Crippen LogP contribution in [0.2, 0.25) is 0 Å². The molecule has 9 heteroatoms. The Labute approximate surface area is 169 Å². The minimum absolute atomic E-state index is 0. The number of nitrogens with zero attached hydrogens (tertiary/aromatic N) is 2. The van der Waals surface area contributed by atoms with Crippen molar-refractivity contribution in [3.8, 4) is 0 Å². The van der Waals surface area contributed by atoms with Crippen LogP contribution in [0, 0.1) is 5.41 Å². The summed E-state index contributed by atoms with van der Waals surface area (Å²) < 4.78 is 31.3. The molecule has 2 fully saturated rings. The van der Waals surface area contributed by atoms with E-state index < -0.39 is 10.0 Å². The van der Waals surface area contributed by atoms with Gasteiger partial charge in [0, 0.05) is 33.2 Å². The average Bonchev–Trinajstić information content (AvgIpc) is 3.08. The first kappa shape index (κ1) is 22.9. The van der Waals surface area contributed by atoms with Gasteiger partial charge in [-0.15, -0.1) is 24.0 Å². The third-order valence-electron chi connectivity index (χ3n) is 5.28. The van der Waals surface area contributed by atoms with Crippen molar-refractivity contribution in [2.24, 2.45) is 10.4 Å². The number of guanidine groups is 1. The number of rotatable bonds is 7. The second-order valence-corrected chi connectivity index (χ2v) is 8.83. The van der Waals surface area contributed by atoms with Gasteiger partial charge in [0.1, 0.15) is 0 Å². The van der Waals surface area contributed by atoms with Crippen molar-refractivity contribution in [3.63, 3.8) is 0 Å². The van der Waals surface area contributed by atoms with Gasteiger partial charge in [-0.05, 0) is 24.7 Å². The van der Waals surface area contributed by atoms with E-state index in [1.807, 2.05) is 0 Å². The molecule has 0 aromatic carbocycles. The number of sulfonamides is 1. The Kier molecular flexibility index (Phi) is 9.97. The molecule has 2 rings (SSSR count). The molecule has 148 valence electrons. The highest BCUT2D eigenvalue weighted by Gasteiger charge is 2.32. The molecule has 0 atom stereocenters. The Bertz CT molecular complexity index is 515. The fourth-order valence-corrected chi connectivity index (χ4v) is 4.85. The molecule has 0 radical (unpaired) electrons. The summed E-state index contributed by atoms with van der Waals surface area (Å²) >= 11 is 0. The Morgan fingerprint density at radius 2 is 1.84 bits per heavy atom. The molecule has 2 aliphatic rings. The van der Waals surface area contributed by atoms with E-state index in [2.05, 4.69) is 22.5 Å². The lowest BCUT2D eigenvalue weighted by molar-refractivity contribution is 0.0730. The number of hydrogen-bond acceptors (Lipinski definition) is 4. The Morgan fingerprint density at radius 3 is 2.40 bits per heavy atom. The lowest BCUT2D eigenvalue weighted by Crippen LogP contribution is -2.46. The summed E-state index contributed by atoms with van der Waals surface area (Å²) in [4.78, 5) is 4.21. The SMILES string of the molecule is CCC1(CNC(=NC)NCCS(=O)(=O)N2CCOCC2)CCCC1.I. The van der Waals surface area contributed by atoms with E-state index in [1.54, 1.807) is 7.05 Å². The van der Waals surface area contributed by atoms with E-state index in [0.29, 0.717) is 44.2 Å². The van der Waals surface area contributed by atoms with Crippen LogP contribution in [0.4, 0.5) is 0 Å². The second-order valence-electron chi connectivity index (χ2n) is 6.74. The van der Waals surface area contributed by atoms with Crippen molar-refractivity contribution in [2.45, 2.75) is 39.0 Å². The molecule has 0 amide bonds. The molecule has 1 aliphatic carbocycles. The zero-order chi connectivity index (χ0) is 17.5. The van der Waals surface area contributed by atoms with Crippen molar-refractivity contribution in [1.82, 2.24) is 14.9 Å². The molecular formula is C16H33IN4O3S. The van der Waals surface area contributed by atoms with Crippen molar-refractivity contribution < 1.29 is 13.2 Å². The number of aliphatic imine (C=N–C) groups is 1. The monoisotopic (exact) mass is 488 g/mol. The first-order chi connectivity index (χ1) is 11.5. The van der Waals surface area contributed by atoms with Crippen molar-refractivity contribution in [3.05, 3.63) is 0 Å². The largest absolute Gasteiger partial charge is 0.379 e. The molecule has 0 aromatic heterocycles. The van der Waals surface area contributed by atoms with E-state index in [4.69, 9.17) is 4.74 Å². The third-order valence-corrected chi connectivity index (χ3v) is 7.16. The lowest BCUT2D eigenvalue weighted by atomic mass is 9.83. The van der Waals surface area contributed by atoms with Gasteiger partial charge in [-0.2, -0.15) is 4.31 Å². The molecule has 0 bridgehead atoms. The smallest absolute Gasteiger partial charge is 0.215 e. The summed E-state index contributed by atoms with van der Waals surface area (Å²) in [5.74, 6) is 0.763. The van der Waals surface area contributed by atoms with Crippen LogP contribution in [0.1, 0.15) is 39.0 Å². The summed E-state index contributed by atoms with van der Waals surface area (Å²) in [6.45, 7) is 5.38. The van der Waals surface area contributed by atoms with Gasteiger partial charge in [0.05, 0.1) is 19.0 Å². The van der Waals surface area contributed by atoms with Gasteiger partial charge in [-0.1, -0.05) is 19.8 Å². The number of ether oxygens (including phenoxy) is 1. The minimum Gasteiger partial charge on any atom is -0.379 e. The number of morpholine rings is 1. The van der Waals surface area contributed by atoms with Crippen molar-refractivity contribution in [2.75, 3.05) is 52.2 Å². The standard InChI is InChI=1S/C16H32N4O3S.HI/c1-3-16(6-4-5-7-16)14-19-15(17-2)18-8-13-24(21,22)20-9-11-23-12-10-20;/h3-14H2,1-2H3,(H2,17,18,19);1H. The van der Waals surface area contributed by atoms with Crippen LogP contribution in [0.15, 0.2) is 4.99 Å². The van der Waals surface area contributed by atoms with Gasteiger partial charge in [0.15, 0.2) is 5.96 Å². The van der Waals surface area contributed by atoms with E-state index in [-0.39, 0.29) is 29.7 Å². The van der Waals surface area contributed by atoms with Gasteiger partial charge in [0.25, 0.3) is 0 Å². The summed E-state index contributed by atoms with van der Waals surface area (Å²) in [5, 5.41) is 6.51. The quantitative estimate of drug-likeness (QED) is 0.322. The first-order valence-corrected chi connectivity index (χ1v) is 10.6. The molecule has 1 heterocycles. The highest BCUT2D eigenvalue weighted by Crippen LogP contribution is 2.40. The van der Waals surface area contributed by atoms with Gasteiger partial charge >= 0.3 is 0 Å². The lowest BCUT2D eigenvalue weighted by Gasteiger charge is -2.29. The van der Waals surface area contributed by atoms with Crippen LogP contribution in [-0.4, -0.2) is 70.9 Å². The molecule has 7 nitrogen and oxygen atoms in total. The zero-order valence-corrected chi connectivity index (χ0v) is 18.6. The molecule has 1 aliphatic heterocycles. The highest BCUT2D eigenvalue weighted by atomic mass is 127. The second kappa shape index (κ2) is 10.9. The summed E-state index contributed by atoms with van der Waals surface area (Å²) in [6, 6.07) is 0. The van der Waals surface area contributed by atoms with E-state index in [0.717, 1.165) is 6.54 Å². The van der Waals surface area contributed by atoms with Crippen LogP contribution in [0.3, 0.4) is 0 Å². The maximum absolute atomic E-state index is 12.3. The molecule has 0 spiro atoms. The van der Waals surface area contributed by atoms with E-state index in [1.165, 1.54) is 36.4 Å². The van der Waals surface area contributed by atoms with E-state index in [9.17, 15) is 8.42 Å². The van der Waals surface area contributed by atoms with Gasteiger partial charge < -0.3 is 15.4 Å². The molecule has 1 saturated carbocycles. The number of halogens is 1. The fraction of sp³-hybridized carbons (Fsp3) is 0.938. The minimum atomic E-state index is -3.23.